The molecule has 0 atom stereocenters. The van der Waals surface area contributed by atoms with Gasteiger partial charge in [-0.2, -0.15) is 10.2 Å². The number of amides is 1. The molecule has 0 radical (unpaired) electrons. The van der Waals surface area contributed by atoms with Gasteiger partial charge < -0.3 is 5.32 Å². The lowest BCUT2D eigenvalue weighted by Gasteiger charge is -2.10. The lowest BCUT2D eigenvalue weighted by Crippen LogP contribution is -2.14. The molecular weight excluding hydrogens is 364 g/mol. The van der Waals surface area contributed by atoms with Crippen molar-refractivity contribution in [2.24, 2.45) is 0 Å². The maximum atomic E-state index is 13.0. The van der Waals surface area contributed by atoms with E-state index in [2.05, 4.69) is 34.3 Å². The molecule has 0 spiro atoms. The Bertz CT molecular complexity index is 1190. The first-order valence-corrected chi connectivity index (χ1v) is 9.90. The lowest BCUT2D eigenvalue weighted by molar-refractivity contribution is 0.102. The van der Waals surface area contributed by atoms with E-state index in [0.29, 0.717) is 17.2 Å². The zero-order valence-electron chi connectivity index (χ0n) is 16.4. The van der Waals surface area contributed by atoms with Crippen LogP contribution in [0, 0.1) is 0 Å². The minimum atomic E-state index is -0.161. The summed E-state index contributed by atoms with van der Waals surface area (Å²) in [4.78, 5) is 17.5. The van der Waals surface area contributed by atoms with Gasteiger partial charge in [0, 0.05) is 17.3 Å². The lowest BCUT2D eigenvalue weighted by atomic mass is 10.1. The summed E-state index contributed by atoms with van der Waals surface area (Å²) in [5, 5.41) is 12.8. The third-order valence-corrected chi connectivity index (χ3v) is 5.20. The third-order valence-electron chi connectivity index (χ3n) is 5.20. The number of carbonyl (C=O) groups is 1. The summed E-state index contributed by atoms with van der Waals surface area (Å²) in [5.74, 6) is 0.217. The first-order valence-electron chi connectivity index (χ1n) is 9.90. The molecule has 0 bridgehead atoms. The number of hydrogen-bond acceptors (Lipinski definition) is 4. The fraction of sp³-hybridized carbons (Fsp3) is 0.273. The Kier molecular flexibility index (Phi) is 4.16. The summed E-state index contributed by atoms with van der Waals surface area (Å²) < 4.78 is 3.76. The number of fused-ring (bicyclic) bond motifs is 1. The Hall–Kier alpha value is -3.48. The number of nitrogens with one attached hydrogen (secondary N) is 1. The molecule has 146 valence electrons. The molecule has 1 aliphatic rings. The Morgan fingerprint density at radius 1 is 1.10 bits per heavy atom. The largest absolute Gasteiger partial charge is 0.320 e. The minimum absolute atomic E-state index is 0.161. The average Bonchev–Trinajstić information content (AvgIpc) is 3.32. The van der Waals surface area contributed by atoms with Crippen molar-refractivity contribution in [1.82, 2.24) is 24.5 Å². The van der Waals surface area contributed by atoms with Crippen LogP contribution in [0.1, 0.15) is 54.7 Å². The maximum absolute atomic E-state index is 13.0. The zero-order valence-corrected chi connectivity index (χ0v) is 16.4. The quantitative estimate of drug-likeness (QED) is 0.554. The van der Waals surface area contributed by atoms with Crippen LogP contribution >= 0.6 is 0 Å². The normalized spacial score (nSPS) is 13.9. The van der Waals surface area contributed by atoms with Gasteiger partial charge in [-0.1, -0.05) is 18.2 Å². The van der Waals surface area contributed by atoms with Crippen molar-refractivity contribution in [2.45, 2.75) is 38.6 Å². The molecule has 1 aliphatic carbocycles. The number of pyridine rings is 1. The van der Waals surface area contributed by atoms with Crippen LogP contribution in [-0.4, -0.2) is 30.5 Å². The van der Waals surface area contributed by atoms with E-state index in [0.717, 1.165) is 35.3 Å². The number of para-hydroxylation sites is 1. The van der Waals surface area contributed by atoms with E-state index < -0.39 is 0 Å². The predicted molar refractivity (Wildman–Crippen MR) is 111 cm³/mol. The highest BCUT2D eigenvalue weighted by Crippen LogP contribution is 2.42. The van der Waals surface area contributed by atoms with Gasteiger partial charge in [-0.3, -0.25) is 4.79 Å². The van der Waals surface area contributed by atoms with E-state index in [1.165, 1.54) is 0 Å². The topological polar surface area (TPSA) is 77.6 Å². The number of hydrogen-bond donors (Lipinski definition) is 1. The van der Waals surface area contributed by atoms with Crippen LogP contribution in [0.2, 0.25) is 0 Å². The number of carbonyl (C=O) groups excluding carboxylic acids is 1. The van der Waals surface area contributed by atoms with E-state index in [9.17, 15) is 4.79 Å². The molecule has 0 unspecified atom stereocenters. The van der Waals surface area contributed by atoms with Gasteiger partial charge in [0.05, 0.1) is 41.2 Å². The van der Waals surface area contributed by atoms with Crippen LogP contribution in [0.25, 0.3) is 16.7 Å². The van der Waals surface area contributed by atoms with Gasteiger partial charge >= 0.3 is 0 Å². The number of benzene rings is 1. The standard InChI is InChI=1S/C22H22N6O/c1-14(2)27-21-16(11-24-27)10-17(12-23-21)26-22(29)19-13-25-28(20(19)15-8-9-15)18-6-4-3-5-7-18/h3-7,10-15H,8-9H2,1-2H3,(H,26,29). The van der Waals surface area contributed by atoms with Crippen LogP contribution in [-0.2, 0) is 0 Å². The minimum Gasteiger partial charge on any atom is -0.320 e. The van der Waals surface area contributed by atoms with Crippen molar-refractivity contribution in [1.29, 1.82) is 0 Å². The molecule has 4 aromatic rings. The summed E-state index contributed by atoms with van der Waals surface area (Å²) in [6, 6.07) is 12.1. The van der Waals surface area contributed by atoms with Gasteiger partial charge in [0.1, 0.15) is 0 Å². The molecular formula is C22H22N6O. The second kappa shape index (κ2) is 6.84. The Morgan fingerprint density at radius 3 is 2.62 bits per heavy atom. The van der Waals surface area contributed by atoms with Gasteiger partial charge in [-0.05, 0) is 44.9 Å². The second-order valence-electron chi connectivity index (χ2n) is 7.74. The van der Waals surface area contributed by atoms with E-state index in [1.807, 2.05) is 45.8 Å². The smallest absolute Gasteiger partial charge is 0.259 e. The molecule has 3 aromatic heterocycles. The summed E-state index contributed by atoms with van der Waals surface area (Å²) in [7, 11) is 0. The molecule has 1 saturated carbocycles. The summed E-state index contributed by atoms with van der Waals surface area (Å²) in [6.45, 7) is 4.13. The van der Waals surface area contributed by atoms with E-state index in [-0.39, 0.29) is 11.9 Å². The molecule has 1 amide bonds. The monoisotopic (exact) mass is 386 g/mol. The maximum Gasteiger partial charge on any atom is 0.259 e. The highest BCUT2D eigenvalue weighted by molar-refractivity contribution is 6.05. The zero-order chi connectivity index (χ0) is 20.0. The number of aromatic nitrogens is 5. The highest BCUT2D eigenvalue weighted by atomic mass is 16.1. The van der Waals surface area contributed by atoms with E-state index in [4.69, 9.17) is 0 Å². The Labute approximate surface area is 168 Å². The molecule has 7 heteroatoms. The van der Waals surface area contributed by atoms with Crippen molar-refractivity contribution in [3.63, 3.8) is 0 Å². The molecule has 1 aromatic carbocycles. The third kappa shape index (κ3) is 3.18. The van der Waals surface area contributed by atoms with Crippen LogP contribution in [0.3, 0.4) is 0 Å². The van der Waals surface area contributed by atoms with Crippen LogP contribution in [0.15, 0.2) is 55.0 Å². The van der Waals surface area contributed by atoms with Gasteiger partial charge in [-0.15, -0.1) is 0 Å². The first-order chi connectivity index (χ1) is 14.1. The van der Waals surface area contributed by atoms with Gasteiger partial charge in [0.2, 0.25) is 0 Å². The second-order valence-corrected chi connectivity index (χ2v) is 7.74. The van der Waals surface area contributed by atoms with Crippen molar-refractivity contribution in [3.05, 3.63) is 66.2 Å². The Balaban J connectivity index is 1.46. The number of anilines is 1. The summed E-state index contributed by atoms with van der Waals surface area (Å²) in [6.07, 6.45) is 7.29. The van der Waals surface area contributed by atoms with Crippen LogP contribution in [0.4, 0.5) is 5.69 Å². The fourth-order valence-corrected chi connectivity index (χ4v) is 3.64. The summed E-state index contributed by atoms with van der Waals surface area (Å²) in [5.41, 5.74) is 4.04. The average molecular weight is 386 g/mol. The fourth-order valence-electron chi connectivity index (χ4n) is 3.64. The van der Waals surface area contributed by atoms with Crippen molar-refractivity contribution < 1.29 is 4.79 Å². The molecule has 5 rings (SSSR count). The van der Waals surface area contributed by atoms with E-state index >= 15 is 0 Å². The number of rotatable bonds is 5. The van der Waals surface area contributed by atoms with Crippen molar-refractivity contribution in [2.75, 3.05) is 5.32 Å². The first kappa shape index (κ1) is 17.6. The number of nitrogens with zero attached hydrogens (tertiary/aromatic N) is 5. The van der Waals surface area contributed by atoms with Crippen molar-refractivity contribution >= 4 is 22.6 Å². The molecule has 1 N–H and O–H groups in total. The van der Waals surface area contributed by atoms with E-state index in [1.54, 1.807) is 18.6 Å². The molecule has 0 aliphatic heterocycles. The molecule has 7 nitrogen and oxygen atoms in total. The molecule has 29 heavy (non-hydrogen) atoms. The molecule has 1 fully saturated rings. The van der Waals surface area contributed by atoms with Crippen LogP contribution < -0.4 is 5.32 Å². The predicted octanol–water partition coefficient (Wildman–Crippen LogP) is 4.33. The van der Waals surface area contributed by atoms with Gasteiger partial charge in [-0.25, -0.2) is 14.3 Å². The highest BCUT2D eigenvalue weighted by Gasteiger charge is 2.33. The molecule has 3 heterocycles. The van der Waals surface area contributed by atoms with Crippen molar-refractivity contribution in [3.8, 4) is 5.69 Å². The summed E-state index contributed by atoms with van der Waals surface area (Å²) >= 11 is 0. The SMILES string of the molecule is CC(C)n1ncc2cc(NC(=O)c3cnn(-c4ccccc4)c3C3CC3)cnc21. The Morgan fingerprint density at radius 2 is 1.90 bits per heavy atom. The van der Waals surface area contributed by atoms with Gasteiger partial charge in [0.25, 0.3) is 5.91 Å². The molecule has 0 saturated heterocycles. The van der Waals surface area contributed by atoms with Gasteiger partial charge in [0.15, 0.2) is 5.65 Å². The van der Waals surface area contributed by atoms with Crippen LogP contribution in [0.5, 0.6) is 0 Å².